The van der Waals surface area contributed by atoms with Crippen molar-refractivity contribution in [3.05, 3.63) is 11.1 Å². The molecule has 0 aromatic heterocycles. The lowest BCUT2D eigenvalue weighted by molar-refractivity contribution is 0.0475. The summed E-state index contributed by atoms with van der Waals surface area (Å²) in [4.78, 5) is 5.01. The normalized spacial score (nSPS) is 12.1. The first-order valence-electron chi connectivity index (χ1n) is 3.41. The molecule has 0 aliphatic rings. The summed E-state index contributed by atoms with van der Waals surface area (Å²) in [6, 6.07) is 0. The van der Waals surface area contributed by atoms with Gasteiger partial charge < -0.3 is 4.84 Å². The molecule has 0 bridgehead atoms. The average molecular weight is 164 g/mol. The first kappa shape index (κ1) is 9.95. The zero-order valence-electron chi connectivity index (χ0n) is 6.48. The summed E-state index contributed by atoms with van der Waals surface area (Å²) in [7, 11) is 0. The number of hydroxylamine groups is 1. The Morgan fingerprint density at radius 1 is 1.70 bits per heavy atom. The van der Waals surface area contributed by atoms with Gasteiger partial charge in [0, 0.05) is 12.1 Å². The third kappa shape index (κ3) is 6.08. The SMILES string of the molecule is CCCONC/C(C)=C/Cl. The molecule has 0 radical (unpaired) electrons. The minimum atomic E-state index is 0.698. The zero-order valence-corrected chi connectivity index (χ0v) is 7.24. The molecule has 0 amide bonds. The first-order chi connectivity index (χ1) is 4.81. The largest absolute Gasteiger partial charge is 0.302 e. The van der Waals surface area contributed by atoms with E-state index in [0.717, 1.165) is 18.6 Å². The minimum absolute atomic E-state index is 0.698. The highest BCUT2D eigenvalue weighted by Gasteiger charge is 1.86. The van der Waals surface area contributed by atoms with Crippen LogP contribution in [0.4, 0.5) is 0 Å². The molecule has 0 saturated carbocycles. The molecule has 2 nitrogen and oxygen atoms in total. The molecule has 0 aromatic carbocycles. The molecule has 0 unspecified atom stereocenters. The smallest absolute Gasteiger partial charge is 0.0679 e. The molecule has 1 N–H and O–H groups in total. The van der Waals surface area contributed by atoms with Gasteiger partial charge in [0.25, 0.3) is 0 Å². The van der Waals surface area contributed by atoms with Crippen LogP contribution in [-0.2, 0) is 4.84 Å². The molecule has 0 fully saturated rings. The van der Waals surface area contributed by atoms with E-state index in [4.69, 9.17) is 16.4 Å². The molecule has 10 heavy (non-hydrogen) atoms. The second-order valence-corrected chi connectivity index (χ2v) is 2.34. The third-order valence-electron chi connectivity index (χ3n) is 0.946. The number of halogens is 1. The van der Waals surface area contributed by atoms with E-state index in [1.54, 1.807) is 5.54 Å². The van der Waals surface area contributed by atoms with Crippen molar-refractivity contribution in [1.82, 2.24) is 5.48 Å². The lowest BCUT2D eigenvalue weighted by Crippen LogP contribution is -2.16. The van der Waals surface area contributed by atoms with E-state index in [2.05, 4.69) is 12.4 Å². The van der Waals surface area contributed by atoms with Gasteiger partial charge in [0.1, 0.15) is 0 Å². The number of hydrogen-bond acceptors (Lipinski definition) is 2. The lowest BCUT2D eigenvalue weighted by atomic mass is 10.4. The fraction of sp³-hybridized carbons (Fsp3) is 0.714. The van der Waals surface area contributed by atoms with Gasteiger partial charge in [0.15, 0.2) is 0 Å². The van der Waals surface area contributed by atoms with Gasteiger partial charge in [-0.25, -0.2) is 0 Å². The zero-order chi connectivity index (χ0) is 7.82. The Labute approximate surface area is 67.2 Å². The van der Waals surface area contributed by atoms with Crippen molar-refractivity contribution in [1.29, 1.82) is 0 Å². The molecule has 0 rings (SSSR count). The maximum absolute atomic E-state index is 5.41. The Balaban J connectivity index is 3.04. The van der Waals surface area contributed by atoms with Crippen LogP contribution in [-0.4, -0.2) is 13.2 Å². The summed E-state index contributed by atoms with van der Waals surface area (Å²) in [5, 5.41) is 0. The Morgan fingerprint density at radius 2 is 2.40 bits per heavy atom. The molecule has 0 saturated heterocycles. The van der Waals surface area contributed by atoms with Crippen LogP contribution in [0.5, 0.6) is 0 Å². The van der Waals surface area contributed by atoms with Gasteiger partial charge in [-0.1, -0.05) is 18.5 Å². The number of hydrogen-bond donors (Lipinski definition) is 1. The van der Waals surface area contributed by atoms with E-state index in [1.165, 1.54) is 0 Å². The topological polar surface area (TPSA) is 21.3 Å². The summed E-state index contributed by atoms with van der Waals surface area (Å²) in [6.45, 7) is 5.44. The molecular weight excluding hydrogens is 150 g/mol. The third-order valence-corrected chi connectivity index (χ3v) is 1.32. The molecule has 0 heterocycles. The van der Waals surface area contributed by atoms with Crippen molar-refractivity contribution in [3.63, 3.8) is 0 Å². The van der Waals surface area contributed by atoms with Gasteiger partial charge >= 0.3 is 0 Å². The van der Waals surface area contributed by atoms with E-state index in [9.17, 15) is 0 Å². The van der Waals surface area contributed by atoms with E-state index < -0.39 is 0 Å². The summed E-state index contributed by atoms with van der Waals surface area (Å²) >= 11 is 5.41. The second kappa shape index (κ2) is 7.06. The standard InChI is InChI=1S/C7H14ClNO/c1-3-4-10-9-6-7(2)5-8/h5,9H,3-4,6H2,1-2H3/b7-5+. The van der Waals surface area contributed by atoms with Crippen LogP contribution in [0.3, 0.4) is 0 Å². The first-order valence-corrected chi connectivity index (χ1v) is 3.85. The average Bonchev–Trinajstić information content (AvgIpc) is 1.98. The summed E-state index contributed by atoms with van der Waals surface area (Å²) in [5.74, 6) is 0. The van der Waals surface area contributed by atoms with Crippen LogP contribution < -0.4 is 5.48 Å². The van der Waals surface area contributed by atoms with E-state index in [1.807, 2.05) is 6.92 Å². The van der Waals surface area contributed by atoms with Crippen LogP contribution in [0, 0.1) is 0 Å². The van der Waals surface area contributed by atoms with Gasteiger partial charge in [0.05, 0.1) is 6.61 Å². The molecule has 0 aliphatic heterocycles. The van der Waals surface area contributed by atoms with Gasteiger partial charge in [-0.2, -0.15) is 5.48 Å². The second-order valence-electron chi connectivity index (χ2n) is 2.13. The summed E-state index contributed by atoms with van der Waals surface area (Å²) in [6.07, 6.45) is 1.02. The predicted molar refractivity (Wildman–Crippen MR) is 43.9 cm³/mol. The maximum atomic E-state index is 5.41. The Morgan fingerprint density at radius 3 is 2.90 bits per heavy atom. The molecule has 3 heteroatoms. The van der Waals surface area contributed by atoms with Gasteiger partial charge in [0.2, 0.25) is 0 Å². The monoisotopic (exact) mass is 163 g/mol. The van der Waals surface area contributed by atoms with Crippen molar-refractivity contribution in [2.75, 3.05) is 13.2 Å². The van der Waals surface area contributed by atoms with Crippen molar-refractivity contribution in [3.8, 4) is 0 Å². The highest BCUT2D eigenvalue weighted by Crippen LogP contribution is 1.91. The fourth-order valence-electron chi connectivity index (χ4n) is 0.378. The van der Waals surface area contributed by atoms with Crippen LogP contribution >= 0.6 is 11.6 Å². The quantitative estimate of drug-likeness (QED) is 0.495. The fourth-order valence-corrected chi connectivity index (χ4v) is 0.455. The van der Waals surface area contributed by atoms with Crippen molar-refractivity contribution in [2.45, 2.75) is 20.3 Å². The van der Waals surface area contributed by atoms with E-state index >= 15 is 0 Å². The molecular formula is C7H14ClNO. The van der Waals surface area contributed by atoms with Gasteiger partial charge in [-0.05, 0) is 18.9 Å². The van der Waals surface area contributed by atoms with Crippen molar-refractivity contribution < 1.29 is 4.84 Å². The van der Waals surface area contributed by atoms with Crippen LogP contribution in [0.1, 0.15) is 20.3 Å². The molecule has 0 atom stereocenters. The highest BCUT2D eigenvalue weighted by molar-refractivity contribution is 6.25. The van der Waals surface area contributed by atoms with Gasteiger partial charge in [-0.15, -0.1) is 0 Å². The maximum Gasteiger partial charge on any atom is 0.0679 e. The molecule has 0 aliphatic carbocycles. The predicted octanol–water partition coefficient (Wildman–Crippen LogP) is 2.06. The van der Waals surface area contributed by atoms with Gasteiger partial charge in [-0.3, -0.25) is 0 Å². The lowest BCUT2D eigenvalue weighted by Gasteiger charge is -2.02. The summed E-state index contributed by atoms with van der Waals surface area (Å²) < 4.78 is 0. The van der Waals surface area contributed by atoms with Crippen LogP contribution in [0.15, 0.2) is 11.1 Å². The van der Waals surface area contributed by atoms with Crippen LogP contribution in [0.2, 0.25) is 0 Å². The molecule has 0 spiro atoms. The molecule has 0 aromatic rings. The Hall–Kier alpha value is -0.0500. The number of nitrogens with one attached hydrogen (secondary N) is 1. The van der Waals surface area contributed by atoms with Crippen molar-refractivity contribution >= 4 is 11.6 Å². The van der Waals surface area contributed by atoms with E-state index in [0.29, 0.717) is 6.54 Å². The summed E-state index contributed by atoms with van der Waals surface area (Å²) in [5.41, 5.74) is 5.40. The van der Waals surface area contributed by atoms with Crippen molar-refractivity contribution in [2.24, 2.45) is 0 Å². The minimum Gasteiger partial charge on any atom is -0.302 e. The van der Waals surface area contributed by atoms with Crippen LogP contribution in [0.25, 0.3) is 0 Å². The Kier molecular flexibility index (Phi) is 7.03. The molecule has 60 valence electrons. The number of rotatable bonds is 5. The van der Waals surface area contributed by atoms with E-state index in [-0.39, 0.29) is 0 Å². The highest BCUT2D eigenvalue weighted by atomic mass is 35.5. The Bertz CT molecular complexity index is 104.